The SMILES string of the molecule is CC(C)C[C@H](NC(=O)c1cn(C2CCNCC2)nn1)C(=O)OC(C)C.Cl. The molecule has 0 bridgehead atoms. The number of amides is 1. The van der Waals surface area contributed by atoms with Gasteiger partial charge in [0.05, 0.1) is 18.3 Å². The highest BCUT2D eigenvalue weighted by Crippen LogP contribution is 2.17. The van der Waals surface area contributed by atoms with Crippen molar-refractivity contribution in [1.29, 1.82) is 0 Å². The summed E-state index contributed by atoms with van der Waals surface area (Å²) in [5.74, 6) is -0.565. The lowest BCUT2D eigenvalue weighted by atomic mass is 10.0. The Hall–Kier alpha value is -1.67. The maximum atomic E-state index is 12.5. The second-order valence-corrected chi connectivity index (χ2v) is 7.21. The van der Waals surface area contributed by atoms with Crippen LogP contribution < -0.4 is 10.6 Å². The molecule has 1 aromatic heterocycles. The zero-order valence-corrected chi connectivity index (χ0v) is 16.7. The van der Waals surface area contributed by atoms with Gasteiger partial charge in [-0.15, -0.1) is 17.5 Å². The molecule has 0 radical (unpaired) electrons. The van der Waals surface area contributed by atoms with Crippen molar-refractivity contribution >= 4 is 24.3 Å². The number of hydrogen-bond donors (Lipinski definition) is 2. The van der Waals surface area contributed by atoms with Gasteiger partial charge < -0.3 is 15.4 Å². The largest absolute Gasteiger partial charge is 0.461 e. The predicted octanol–water partition coefficient (Wildman–Crippen LogP) is 1.72. The number of nitrogens with zero attached hydrogens (tertiary/aromatic N) is 3. The van der Waals surface area contributed by atoms with Gasteiger partial charge in [-0.25, -0.2) is 9.48 Å². The first-order valence-electron chi connectivity index (χ1n) is 9.00. The van der Waals surface area contributed by atoms with Crippen LogP contribution in [-0.4, -0.2) is 52.1 Å². The van der Waals surface area contributed by atoms with Crippen molar-refractivity contribution in [2.75, 3.05) is 13.1 Å². The van der Waals surface area contributed by atoms with Gasteiger partial charge in [-0.3, -0.25) is 4.79 Å². The Bertz CT molecular complexity index is 585. The molecule has 148 valence electrons. The minimum Gasteiger partial charge on any atom is -0.461 e. The second kappa shape index (κ2) is 10.5. The molecular weight excluding hydrogens is 358 g/mol. The Labute approximate surface area is 160 Å². The molecule has 2 rings (SSSR count). The van der Waals surface area contributed by atoms with E-state index in [2.05, 4.69) is 20.9 Å². The summed E-state index contributed by atoms with van der Waals surface area (Å²) in [5, 5.41) is 14.1. The molecule has 1 fully saturated rings. The van der Waals surface area contributed by atoms with Crippen LogP contribution >= 0.6 is 12.4 Å². The average Bonchev–Trinajstić information content (AvgIpc) is 3.04. The Morgan fingerprint density at radius 2 is 1.96 bits per heavy atom. The number of rotatable bonds is 7. The normalized spacial score (nSPS) is 16.2. The van der Waals surface area contributed by atoms with E-state index in [1.54, 1.807) is 24.7 Å². The van der Waals surface area contributed by atoms with Crippen LogP contribution in [0.3, 0.4) is 0 Å². The fourth-order valence-electron chi connectivity index (χ4n) is 2.86. The van der Waals surface area contributed by atoms with E-state index in [0.29, 0.717) is 6.42 Å². The van der Waals surface area contributed by atoms with E-state index in [-0.39, 0.29) is 36.2 Å². The molecule has 1 aliphatic heterocycles. The number of piperidine rings is 1. The minimum absolute atomic E-state index is 0. The molecule has 0 aromatic carbocycles. The smallest absolute Gasteiger partial charge is 0.328 e. The van der Waals surface area contributed by atoms with Gasteiger partial charge in [0.2, 0.25) is 0 Å². The van der Waals surface area contributed by atoms with Crippen LogP contribution in [0.4, 0.5) is 0 Å². The van der Waals surface area contributed by atoms with Gasteiger partial charge in [0.25, 0.3) is 5.91 Å². The van der Waals surface area contributed by atoms with Gasteiger partial charge in [-0.1, -0.05) is 19.1 Å². The molecule has 8 nitrogen and oxygen atoms in total. The van der Waals surface area contributed by atoms with Crippen molar-refractivity contribution in [3.63, 3.8) is 0 Å². The molecule has 0 unspecified atom stereocenters. The summed E-state index contributed by atoms with van der Waals surface area (Å²) in [7, 11) is 0. The summed E-state index contributed by atoms with van der Waals surface area (Å²) in [6.45, 7) is 9.44. The third kappa shape index (κ3) is 6.57. The topological polar surface area (TPSA) is 98.1 Å². The van der Waals surface area contributed by atoms with E-state index in [1.807, 2.05) is 13.8 Å². The predicted molar refractivity (Wildman–Crippen MR) is 100 cm³/mol. The molecule has 2 heterocycles. The standard InChI is InChI=1S/C17H29N5O3.ClH/c1-11(2)9-14(17(24)25-12(3)4)19-16(23)15-10-22(21-20-15)13-5-7-18-8-6-13;/h10-14,18H,5-9H2,1-4H3,(H,19,23);1H/t14-;/m0./s1. The van der Waals surface area contributed by atoms with Crippen LogP contribution in [0.1, 0.15) is 63.5 Å². The van der Waals surface area contributed by atoms with Crippen LogP contribution in [-0.2, 0) is 9.53 Å². The van der Waals surface area contributed by atoms with Gasteiger partial charge in [-0.2, -0.15) is 0 Å². The van der Waals surface area contributed by atoms with E-state index in [0.717, 1.165) is 25.9 Å². The zero-order valence-electron chi connectivity index (χ0n) is 15.9. The monoisotopic (exact) mass is 387 g/mol. The minimum atomic E-state index is -0.682. The maximum absolute atomic E-state index is 12.5. The lowest BCUT2D eigenvalue weighted by molar-refractivity contribution is -0.150. The first-order valence-corrected chi connectivity index (χ1v) is 9.00. The molecule has 1 atom stereocenters. The molecule has 1 saturated heterocycles. The van der Waals surface area contributed by atoms with Crippen molar-refractivity contribution in [3.8, 4) is 0 Å². The summed E-state index contributed by atoms with van der Waals surface area (Å²) in [6, 6.07) is -0.424. The summed E-state index contributed by atoms with van der Waals surface area (Å²) in [5.41, 5.74) is 0.227. The molecule has 0 spiro atoms. The lowest BCUT2D eigenvalue weighted by Gasteiger charge is -2.22. The second-order valence-electron chi connectivity index (χ2n) is 7.21. The Balaban J connectivity index is 0.00000338. The first-order chi connectivity index (χ1) is 11.9. The van der Waals surface area contributed by atoms with Crippen LogP contribution in [0.25, 0.3) is 0 Å². The van der Waals surface area contributed by atoms with E-state index >= 15 is 0 Å². The fraction of sp³-hybridized carbons (Fsp3) is 0.765. The number of halogens is 1. The number of carbonyl (C=O) groups is 2. The van der Waals surface area contributed by atoms with Gasteiger partial charge in [0.1, 0.15) is 6.04 Å². The molecular formula is C17H30ClN5O3. The van der Waals surface area contributed by atoms with E-state index in [1.165, 1.54) is 0 Å². The summed E-state index contributed by atoms with van der Waals surface area (Å²) < 4.78 is 7.00. The van der Waals surface area contributed by atoms with Gasteiger partial charge in [-0.05, 0) is 52.1 Å². The summed E-state index contributed by atoms with van der Waals surface area (Å²) in [6.07, 6.45) is 3.87. The average molecular weight is 388 g/mol. The fourth-order valence-corrected chi connectivity index (χ4v) is 2.86. The highest BCUT2D eigenvalue weighted by molar-refractivity contribution is 5.94. The molecule has 26 heavy (non-hydrogen) atoms. The third-order valence-electron chi connectivity index (χ3n) is 4.07. The lowest BCUT2D eigenvalue weighted by Crippen LogP contribution is -2.43. The van der Waals surface area contributed by atoms with Gasteiger partial charge >= 0.3 is 5.97 Å². The van der Waals surface area contributed by atoms with Crippen molar-refractivity contribution in [2.45, 2.75) is 65.1 Å². The molecule has 9 heteroatoms. The number of hydrogen-bond acceptors (Lipinski definition) is 6. The van der Waals surface area contributed by atoms with Gasteiger partial charge in [0, 0.05) is 0 Å². The van der Waals surface area contributed by atoms with E-state index in [4.69, 9.17) is 4.74 Å². The molecule has 0 aliphatic carbocycles. The molecule has 0 saturated carbocycles. The highest BCUT2D eigenvalue weighted by atomic mass is 35.5. The quantitative estimate of drug-likeness (QED) is 0.691. The van der Waals surface area contributed by atoms with Crippen LogP contribution in [0, 0.1) is 5.92 Å². The number of ether oxygens (including phenoxy) is 1. The zero-order chi connectivity index (χ0) is 18.4. The van der Waals surface area contributed by atoms with Crippen LogP contribution in [0.2, 0.25) is 0 Å². The first kappa shape index (κ1) is 22.4. The summed E-state index contributed by atoms with van der Waals surface area (Å²) >= 11 is 0. The highest BCUT2D eigenvalue weighted by Gasteiger charge is 2.26. The molecule has 1 aromatic rings. The van der Waals surface area contributed by atoms with Gasteiger partial charge in [0.15, 0.2) is 5.69 Å². The van der Waals surface area contributed by atoms with E-state index in [9.17, 15) is 9.59 Å². The van der Waals surface area contributed by atoms with E-state index < -0.39 is 17.9 Å². The number of nitrogens with one attached hydrogen (secondary N) is 2. The Kier molecular flexibility index (Phi) is 9.01. The molecule has 1 amide bonds. The molecule has 1 aliphatic rings. The Morgan fingerprint density at radius 3 is 2.54 bits per heavy atom. The van der Waals surface area contributed by atoms with Crippen molar-refractivity contribution < 1.29 is 14.3 Å². The van der Waals surface area contributed by atoms with Crippen molar-refractivity contribution in [3.05, 3.63) is 11.9 Å². The number of esters is 1. The maximum Gasteiger partial charge on any atom is 0.328 e. The summed E-state index contributed by atoms with van der Waals surface area (Å²) in [4.78, 5) is 24.7. The van der Waals surface area contributed by atoms with Crippen molar-refractivity contribution in [1.82, 2.24) is 25.6 Å². The third-order valence-corrected chi connectivity index (χ3v) is 4.07. The number of carbonyl (C=O) groups excluding carboxylic acids is 2. The van der Waals surface area contributed by atoms with Crippen LogP contribution in [0.15, 0.2) is 6.20 Å². The van der Waals surface area contributed by atoms with Crippen molar-refractivity contribution in [2.24, 2.45) is 5.92 Å². The number of aromatic nitrogens is 3. The Morgan fingerprint density at radius 1 is 1.31 bits per heavy atom. The van der Waals surface area contributed by atoms with Crippen LogP contribution in [0.5, 0.6) is 0 Å². The molecule has 2 N–H and O–H groups in total.